The van der Waals surface area contributed by atoms with E-state index in [4.69, 9.17) is 4.74 Å². The predicted octanol–water partition coefficient (Wildman–Crippen LogP) is -0.207. The zero-order chi connectivity index (χ0) is 13.3. The van der Waals surface area contributed by atoms with Gasteiger partial charge in [-0.1, -0.05) is 0 Å². The molecule has 1 amide bonds. The van der Waals surface area contributed by atoms with Crippen LogP contribution in [0.5, 0.6) is 0 Å². The van der Waals surface area contributed by atoms with Crippen molar-refractivity contribution in [1.29, 1.82) is 0 Å². The molecule has 1 fully saturated rings. The number of carboxylic acids is 1. The monoisotopic (exact) mass is 253 g/mol. The highest BCUT2D eigenvalue weighted by Crippen LogP contribution is 2.29. The summed E-state index contributed by atoms with van der Waals surface area (Å²) in [6.07, 6.45) is 2.07. The Hall–Kier alpha value is -1.89. The van der Waals surface area contributed by atoms with Crippen molar-refractivity contribution >= 4 is 11.9 Å². The van der Waals surface area contributed by atoms with Crippen LogP contribution in [0.1, 0.15) is 18.7 Å². The maximum Gasteiger partial charge on any atom is 0.335 e. The molecule has 7 nitrogen and oxygen atoms in total. The SMILES string of the molecule is CCN1C(=O)COC(C(=O)O)C1c1cncn1C. The number of imidazole rings is 1. The van der Waals surface area contributed by atoms with E-state index in [9.17, 15) is 14.7 Å². The molecule has 1 aliphatic rings. The third-order valence-corrected chi connectivity index (χ3v) is 3.07. The molecule has 0 radical (unpaired) electrons. The third-order valence-electron chi connectivity index (χ3n) is 3.07. The summed E-state index contributed by atoms with van der Waals surface area (Å²) in [7, 11) is 1.76. The van der Waals surface area contributed by atoms with Crippen molar-refractivity contribution in [2.45, 2.75) is 19.1 Å². The standard InChI is InChI=1S/C11H15N3O4/c1-3-14-8(15)5-18-10(11(16)17)9(14)7-4-12-6-13(7)2/h4,6,9-10H,3,5H2,1-2H3,(H,16,17). The molecule has 0 aliphatic carbocycles. The van der Waals surface area contributed by atoms with Gasteiger partial charge in [-0.05, 0) is 6.92 Å². The summed E-state index contributed by atoms with van der Waals surface area (Å²) in [5, 5.41) is 9.21. The Bertz CT molecular complexity index is 469. The van der Waals surface area contributed by atoms with Gasteiger partial charge in [-0.15, -0.1) is 0 Å². The minimum atomic E-state index is -1.08. The van der Waals surface area contributed by atoms with Crippen molar-refractivity contribution in [2.24, 2.45) is 7.05 Å². The molecule has 2 unspecified atom stereocenters. The Morgan fingerprint density at radius 2 is 2.39 bits per heavy atom. The smallest absolute Gasteiger partial charge is 0.335 e. The fourth-order valence-electron chi connectivity index (χ4n) is 2.20. The molecule has 0 spiro atoms. The van der Waals surface area contributed by atoms with E-state index in [2.05, 4.69) is 4.98 Å². The number of carboxylic acid groups (broad SMARTS) is 1. The predicted molar refractivity (Wildman–Crippen MR) is 60.7 cm³/mol. The maximum atomic E-state index is 11.8. The van der Waals surface area contributed by atoms with Gasteiger partial charge in [-0.3, -0.25) is 4.79 Å². The van der Waals surface area contributed by atoms with Crippen LogP contribution in [0, 0.1) is 0 Å². The quantitative estimate of drug-likeness (QED) is 0.806. The number of hydrogen-bond donors (Lipinski definition) is 1. The van der Waals surface area contributed by atoms with Crippen molar-refractivity contribution in [1.82, 2.24) is 14.5 Å². The van der Waals surface area contributed by atoms with Crippen molar-refractivity contribution in [3.05, 3.63) is 18.2 Å². The van der Waals surface area contributed by atoms with Crippen LogP contribution in [0.2, 0.25) is 0 Å². The van der Waals surface area contributed by atoms with Crippen molar-refractivity contribution in [3.8, 4) is 0 Å². The fraction of sp³-hybridized carbons (Fsp3) is 0.545. The van der Waals surface area contributed by atoms with Gasteiger partial charge in [0.15, 0.2) is 6.10 Å². The van der Waals surface area contributed by atoms with Gasteiger partial charge in [-0.25, -0.2) is 9.78 Å². The van der Waals surface area contributed by atoms with E-state index in [1.54, 1.807) is 24.1 Å². The van der Waals surface area contributed by atoms with Crippen molar-refractivity contribution < 1.29 is 19.4 Å². The maximum absolute atomic E-state index is 11.8. The van der Waals surface area contributed by atoms with Crippen LogP contribution in [0.15, 0.2) is 12.5 Å². The van der Waals surface area contributed by atoms with Crippen LogP contribution in [0.3, 0.4) is 0 Å². The van der Waals surface area contributed by atoms with Crippen LogP contribution in [0.4, 0.5) is 0 Å². The molecule has 0 saturated carbocycles. The Balaban J connectivity index is 2.43. The first-order valence-electron chi connectivity index (χ1n) is 5.66. The Morgan fingerprint density at radius 3 is 2.89 bits per heavy atom. The Labute approximate surface area is 104 Å². The molecule has 2 rings (SSSR count). The minimum absolute atomic E-state index is 0.195. The summed E-state index contributed by atoms with van der Waals surface area (Å²) >= 11 is 0. The molecule has 7 heteroatoms. The number of aryl methyl sites for hydroxylation is 1. The number of nitrogens with zero attached hydrogens (tertiary/aromatic N) is 3. The number of carbonyl (C=O) groups excluding carboxylic acids is 1. The molecule has 0 aromatic carbocycles. The lowest BCUT2D eigenvalue weighted by Gasteiger charge is -2.38. The number of rotatable bonds is 3. The molecular formula is C11H15N3O4. The van der Waals surface area contributed by atoms with Crippen LogP contribution in [-0.4, -0.2) is 50.7 Å². The molecule has 1 aromatic heterocycles. The Morgan fingerprint density at radius 1 is 1.67 bits per heavy atom. The highest BCUT2D eigenvalue weighted by molar-refractivity contribution is 5.82. The molecule has 2 heterocycles. The highest BCUT2D eigenvalue weighted by Gasteiger charge is 2.42. The zero-order valence-corrected chi connectivity index (χ0v) is 10.2. The molecule has 18 heavy (non-hydrogen) atoms. The van der Waals surface area contributed by atoms with Gasteiger partial charge >= 0.3 is 5.97 Å². The van der Waals surface area contributed by atoms with Gasteiger partial charge in [0.1, 0.15) is 12.6 Å². The molecule has 2 atom stereocenters. The number of aromatic nitrogens is 2. The number of carbonyl (C=O) groups is 2. The number of ether oxygens (including phenoxy) is 1. The van der Waals surface area contributed by atoms with Crippen LogP contribution < -0.4 is 0 Å². The van der Waals surface area contributed by atoms with E-state index in [1.165, 1.54) is 4.90 Å². The third kappa shape index (κ3) is 1.97. The van der Waals surface area contributed by atoms with Crippen molar-refractivity contribution in [3.63, 3.8) is 0 Å². The molecule has 1 aromatic rings. The highest BCUT2D eigenvalue weighted by atomic mass is 16.5. The Kier molecular flexibility index (Phi) is 3.33. The molecule has 0 bridgehead atoms. The van der Waals surface area contributed by atoms with Crippen molar-refractivity contribution in [2.75, 3.05) is 13.2 Å². The van der Waals surface area contributed by atoms with E-state index in [-0.39, 0.29) is 12.5 Å². The lowest BCUT2D eigenvalue weighted by molar-refractivity contribution is -0.173. The first kappa shape index (κ1) is 12.6. The normalized spacial score (nSPS) is 24.3. The fourth-order valence-corrected chi connectivity index (χ4v) is 2.20. The first-order chi connectivity index (χ1) is 8.56. The zero-order valence-electron chi connectivity index (χ0n) is 10.2. The molecular weight excluding hydrogens is 238 g/mol. The first-order valence-corrected chi connectivity index (χ1v) is 5.66. The topological polar surface area (TPSA) is 84.7 Å². The summed E-state index contributed by atoms with van der Waals surface area (Å²) in [6, 6.07) is -0.638. The summed E-state index contributed by atoms with van der Waals surface area (Å²) in [4.78, 5) is 28.5. The summed E-state index contributed by atoms with van der Waals surface area (Å²) in [5.74, 6) is -1.28. The largest absolute Gasteiger partial charge is 0.479 e. The van der Waals surface area contributed by atoms with E-state index in [0.29, 0.717) is 12.2 Å². The van der Waals surface area contributed by atoms with E-state index in [0.717, 1.165) is 0 Å². The molecule has 1 saturated heterocycles. The second-order valence-electron chi connectivity index (χ2n) is 4.12. The summed E-state index contributed by atoms with van der Waals surface area (Å²) in [5.41, 5.74) is 0.650. The van der Waals surface area contributed by atoms with Gasteiger partial charge < -0.3 is 19.3 Å². The second kappa shape index (κ2) is 4.77. The van der Waals surface area contributed by atoms with Crippen LogP contribution in [-0.2, 0) is 21.4 Å². The minimum Gasteiger partial charge on any atom is -0.479 e. The average molecular weight is 253 g/mol. The van der Waals surface area contributed by atoms with Gasteiger partial charge in [0.25, 0.3) is 0 Å². The second-order valence-corrected chi connectivity index (χ2v) is 4.12. The number of morpholine rings is 1. The summed E-state index contributed by atoms with van der Waals surface area (Å²) < 4.78 is 6.84. The van der Waals surface area contributed by atoms with E-state index < -0.39 is 18.1 Å². The number of amides is 1. The molecule has 1 N–H and O–H groups in total. The lowest BCUT2D eigenvalue weighted by Crippen LogP contribution is -2.52. The van der Waals surface area contributed by atoms with Gasteiger partial charge in [0.2, 0.25) is 5.91 Å². The van der Waals surface area contributed by atoms with Gasteiger partial charge in [0, 0.05) is 13.6 Å². The number of hydrogen-bond acceptors (Lipinski definition) is 4. The van der Waals surface area contributed by atoms with E-state index >= 15 is 0 Å². The van der Waals surface area contributed by atoms with Gasteiger partial charge in [-0.2, -0.15) is 0 Å². The number of aliphatic carboxylic acids is 1. The average Bonchev–Trinajstić information content (AvgIpc) is 2.74. The molecule has 1 aliphatic heterocycles. The van der Waals surface area contributed by atoms with E-state index in [1.807, 2.05) is 6.92 Å². The number of likely N-dealkylation sites (N-methyl/N-ethyl adjacent to an activating group) is 1. The lowest BCUT2D eigenvalue weighted by atomic mass is 10.0. The van der Waals surface area contributed by atoms with Gasteiger partial charge in [0.05, 0.1) is 18.2 Å². The van der Waals surface area contributed by atoms with Crippen LogP contribution >= 0.6 is 0 Å². The molecule has 98 valence electrons. The summed E-state index contributed by atoms with van der Waals surface area (Å²) in [6.45, 7) is 2.05. The van der Waals surface area contributed by atoms with Crippen LogP contribution in [0.25, 0.3) is 0 Å².